The lowest BCUT2D eigenvalue weighted by atomic mass is 9.80. The summed E-state index contributed by atoms with van der Waals surface area (Å²) in [6.07, 6.45) is 7.06. The number of halogens is 2. The fraction of sp³-hybridized carbons (Fsp3) is 0.609. The Morgan fingerprint density at radius 1 is 1.28 bits per heavy atom. The predicted octanol–water partition coefficient (Wildman–Crippen LogP) is 5.49. The Hall–Kier alpha value is -1.95. The van der Waals surface area contributed by atoms with Crippen LogP contribution in [0.1, 0.15) is 63.0 Å². The number of alkyl halides is 2. The standard InChI is InChI=1S/C23H30F2O4/c1-23(24,25)21-13-19(9-7-17(21)8-10-22(26)27)29-15-18-14-28-12-11-20(18)16-5-3-2-4-6-16/h7,9,13,16H,2-6,8,10-12,14-15H2,1H3,(H,26,27). The van der Waals surface area contributed by atoms with E-state index in [0.717, 1.165) is 25.5 Å². The van der Waals surface area contributed by atoms with Gasteiger partial charge in [0.25, 0.3) is 5.92 Å². The highest BCUT2D eigenvalue weighted by atomic mass is 19.3. The molecule has 2 aliphatic rings. The van der Waals surface area contributed by atoms with E-state index in [1.54, 1.807) is 12.1 Å². The van der Waals surface area contributed by atoms with Gasteiger partial charge < -0.3 is 14.6 Å². The molecule has 1 heterocycles. The van der Waals surface area contributed by atoms with E-state index in [1.165, 1.54) is 43.7 Å². The summed E-state index contributed by atoms with van der Waals surface area (Å²) in [5.41, 5.74) is 2.76. The highest BCUT2D eigenvalue weighted by Crippen LogP contribution is 2.36. The summed E-state index contributed by atoms with van der Waals surface area (Å²) in [7, 11) is 0. The molecule has 1 saturated carbocycles. The van der Waals surface area contributed by atoms with Crippen molar-refractivity contribution in [1.82, 2.24) is 0 Å². The first-order chi connectivity index (χ1) is 13.8. The van der Waals surface area contributed by atoms with E-state index in [9.17, 15) is 13.6 Å². The SMILES string of the molecule is CC(F)(F)c1cc(OCC2=C(C3CCCCC3)CCOC2)ccc1CCC(=O)O. The van der Waals surface area contributed by atoms with Crippen molar-refractivity contribution in [3.05, 3.63) is 40.5 Å². The zero-order valence-electron chi connectivity index (χ0n) is 17.0. The van der Waals surface area contributed by atoms with E-state index in [4.69, 9.17) is 14.6 Å². The summed E-state index contributed by atoms with van der Waals surface area (Å²) in [6.45, 7) is 2.45. The molecule has 3 rings (SSSR count). The van der Waals surface area contributed by atoms with Gasteiger partial charge in [0.05, 0.1) is 13.2 Å². The van der Waals surface area contributed by atoms with E-state index >= 15 is 0 Å². The fourth-order valence-corrected chi connectivity index (χ4v) is 4.41. The largest absolute Gasteiger partial charge is 0.489 e. The van der Waals surface area contributed by atoms with E-state index in [-0.39, 0.29) is 18.4 Å². The molecule has 0 atom stereocenters. The summed E-state index contributed by atoms with van der Waals surface area (Å²) in [6, 6.07) is 4.55. The van der Waals surface area contributed by atoms with Crippen LogP contribution in [0, 0.1) is 5.92 Å². The van der Waals surface area contributed by atoms with Crippen LogP contribution in [0.4, 0.5) is 8.78 Å². The van der Waals surface area contributed by atoms with E-state index < -0.39 is 11.9 Å². The van der Waals surface area contributed by atoms with Gasteiger partial charge in [-0.2, -0.15) is 0 Å². The molecule has 6 heteroatoms. The topological polar surface area (TPSA) is 55.8 Å². The molecule has 1 aromatic carbocycles. The van der Waals surface area contributed by atoms with Crippen LogP contribution in [0.2, 0.25) is 0 Å². The van der Waals surface area contributed by atoms with Gasteiger partial charge in [-0.25, -0.2) is 8.78 Å². The maximum absolute atomic E-state index is 14.1. The third kappa shape index (κ3) is 6.01. The minimum Gasteiger partial charge on any atom is -0.489 e. The van der Waals surface area contributed by atoms with E-state index in [0.29, 0.717) is 30.4 Å². The Kier molecular flexibility index (Phi) is 7.28. The van der Waals surface area contributed by atoms with Crippen LogP contribution < -0.4 is 4.74 Å². The van der Waals surface area contributed by atoms with Crippen molar-refractivity contribution in [3.8, 4) is 5.75 Å². The third-order valence-electron chi connectivity index (χ3n) is 5.92. The van der Waals surface area contributed by atoms with Gasteiger partial charge in [0.2, 0.25) is 0 Å². The second kappa shape index (κ2) is 9.70. The first-order valence-electron chi connectivity index (χ1n) is 10.5. The van der Waals surface area contributed by atoms with Gasteiger partial charge in [0.1, 0.15) is 12.4 Å². The van der Waals surface area contributed by atoms with Crippen LogP contribution in [0.15, 0.2) is 29.3 Å². The number of carbonyl (C=O) groups is 1. The van der Waals surface area contributed by atoms with Gasteiger partial charge in [-0.05, 0) is 54.9 Å². The molecule has 0 bridgehead atoms. The molecule has 1 fully saturated rings. The minimum absolute atomic E-state index is 0.0686. The number of hydrogen-bond acceptors (Lipinski definition) is 3. The maximum Gasteiger partial charge on any atom is 0.303 e. The fourth-order valence-electron chi connectivity index (χ4n) is 4.41. The Morgan fingerprint density at radius 2 is 2.03 bits per heavy atom. The predicted molar refractivity (Wildman–Crippen MR) is 106 cm³/mol. The number of carboxylic acid groups (broad SMARTS) is 1. The van der Waals surface area contributed by atoms with Crippen molar-refractivity contribution in [3.63, 3.8) is 0 Å². The van der Waals surface area contributed by atoms with Crippen molar-refractivity contribution in [2.75, 3.05) is 19.8 Å². The van der Waals surface area contributed by atoms with Gasteiger partial charge in [-0.1, -0.05) is 30.9 Å². The zero-order valence-corrected chi connectivity index (χ0v) is 17.0. The highest BCUT2D eigenvalue weighted by molar-refractivity contribution is 5.67. The average Bonchev–Trinajstić information content (AvgIpc) is 2.71. The van der Waals surface area contributed by atoms with Crippen LogP contribution in [-0.4, -0.2) is 30.9 Å². The molecule has 0 amide bonds. The first kappa shape index (κ1) is 21.8. The zero-order chi connectivity index (χ0) is 20.9. The molecule has 0 unspecified atom stereocenters. The lowest BCUT2D eigenvalue weighted by Crippen LogP contribution is -2.22. The molecular weight excluding hydrogens is 378 g/mol. The Labute approximate surface area is 170 Å². The third-order valence-corrected chi connectivity index (χ3v) is 5.92. The van der Waals surface area contributed by atoms with Crippen molar-refractivity contribution in [1.29, 1.82) is 0 Å². The number of benzene rings is 1. The van der Waals surface area contributed by atoms with Gasteiger partial charge >= 0.3 is 5.97 Å². The molecule has 1 aliphatic heterocycles. The number of ether oxygens (including phenoxy) is 2. The quantitative estimate of drug-likeness (QED) is 0.578. The number of hydrogen-bond donors (Lipinski definition) is 1. The van der Waals surface area contributed by atoms with E-state index in [1.807, 2.05) is 0 Å². The summed E-state index contributed by atoms with van der Waals surface area (Å²) in [5.74, 6) is -3.09. The van der Waals surface area contributed by atoms with Gasteiger partial charge in [-0.3, -0.25) is 4.79 Å². The Bertz CT molecular complexity index is 746. The molecule has 4 nitrogen and oxygen atoms in total. The Morgan fingerprint density at radius 3 is 2.72 bits per heavy atom. The summed E-state index contributed by atoms with van der Waals surface area (Å²) >= 11 is 0. The number of aryl methyl sites for hydroxylation is 1. The molecule has 1 aromatic rings. The summed E-state index contributed by atoms with van der Waals surface area (Å²) < 4.78 is 39.7. The van der Waals surface area contributed by atoms with Gasteiger partial charge in [0, 0.05) is 18.9 Å². The van der Waals surface area contributed by atoms with Crippen molar-refractivity contribution in [2.24, 2.45) is 5.92 Å². The molecule has 160 valence electrons. The normalized spacial score (nSPS) is 18.7. The molecule has 1 N–H and O–H groups in total. The highest BCUT2D eigenvalue weighted by Gasteiger charge is 2.28. The van der Waals surface area contributed by atoms with Crippen molar-refractivity contribution in [2.45, 2.75) is 64.2 Å². The summed E-state index contributed by atoms with van der Waals surface area (Å²) in [4.78, 5) is 10.8. The number of rotatable bonds is 8. The van der Waals surface area contributed by atoms with Crippen LogP contribution in [0.3, 0.4) is 0 Å². The molecule has 29 heavy (non-hydrogen) atoms. The number of aliphatic carboxylic acids is 1. The summed E-state index contributed by atoms with van der Waals surface area (Å²) in [5, 5.41) is 8.85. The molecule has 1 aliphatic carbocycles. The van der Waals surface area contributed by atoms with Gasteiger partial charge in [-0.15, -0.1) is 0 Å². The molecule has 0 radical (unpaired) electrons. The average molecular weight is 408 g/mol. The van der Waals surface area contributed by atoms with Crippen LogP contribution in [-0.2, 0) is 21.9 Å². The lowest BCUT2D eigenvalue weighted by molar-refractivity contribution is -0.137. The molecule has 0 spiro atoms. The molecular formula is C23H30F2O4. The molecule has 0 saturated heterocycles. The number of carboxylic acids is 1. The van der Waals surface area contributed by atoms with Gasteiger partial charge in [0.15, 0.2) is 0 Å². The Balaban J connectivity index is 1.75. The maximum atomic E-state index is 14.1. The second-order valence-electron chi connectivity index (χ2n) is 8.16. The lowest BCUT2D eigenvalue weighted by Gasteiger charge is -2.30. The van der Waals surface area contributed by atoms with Crippen molar-refractivity contribution < 1.29 is 28.2 Å². The monoisotopic (exact) mass is 408 g/mol. The van der Waals surface area contributed by atoms with Crippen LogP contribution in [0.5, 0.6) is 5.75 Å². The molecule has 0 aromatic heterocycles. The van der Waals surface area contributed by atoms with E-state index in [2.05, 4.69) is 0 Å². The van der Waals surface area contributed by atoms with Crippen LogP contribution in [0.25, 0.3) is 0 Å². The second-order valence-corrected chi connectivity index (χ2v) is 8.16. The van der Waals surface area contributed by atoms with Crippen LogP contribution >= 0.6 is 0 Å². The first-order valence-corrected chi connectivity index (χ1v) is 10.5. The minimum atomic E-state index is -3.06. The van der Waals surface area contributed by atoms with Crippen molar-refractivity contribution >= 4 is 5.97 Å². The smallest absolute Gasteiger partial charge is 0.303 e.